The van der Waals surface area contributed by atoms with Gasteiger partial charge in [0.2, 0.25) is 5.91 Å². The number of hydrogen-bond donors (Lipinski definition) is 3. The maximum atomic E-state index is 13.2. The van der Waals surface area contributed by atoms with Crippen LogP contribution in [0, 0.1) is 0 Å². The lowest BCUT2D eigenvalue weighted by molar-refractivity contribution is -0.150. The zero-order valence-electron chi connectivity index (χ0n) is 44.5. The van der Waals surface area contributed by atoms with Gasteiger partial charge < -0.3 is 20.3 Å². The molecule has 0 aromatic rings. The molecule has 3 atom stereocenters. The zero-order chi connectivity index (χ0) is 49.5. The molecule has 0 aliphatic carbocycles. The van der Waals surface area contributed by atoms with Crippen molar-refractivity contribution in [3.05, 3.63) is 97.2 Å². The summed E-state index contributed by atoms with van der Waals surface area (Å²) in [6.07, 6.45) is 73.4. The molecule has 0 aromatic heterocycles. The summed E-state index contributed by atoms with van der Waals surface area (Å²) in [5.41, 5.74) is 0. The molecule has 0 saturated heterocycles. The Labute approximate surface area is 420 Å². The number of carbonyl (C=O) groups excluding carboxylic acids is 2. The van der Waals surface area contributed by atoms with Crippen LogP contribution in [-0.4, -0.2) is 46.9 Å². The molecule has 0 rings (SSSR count). The van der Waals surface area contributed by atoms with E-state index >= 15 is 0 Å². The first kappa shape index (κ1) is 64.8. The van der Waals surface area contributed by atoms with Crippen LogP contribution < -0.4 is 5.32 Å². The lowest BCUT2D eigenvalue weighted by Gasteiger charge is -2.24. The SMILES string of the molecule is CCCCC/C=C\C/C=C\C/C=C\C/C=C\CC(CC(=O)NC(CO)C(O)CCCCCCCCCCCCCCCCCC)OC(=O)CCCCCCC/C=C/C=C/C=C/C=C/CCCCC. The van der Waals surface area contributed by atoms with Gasteiger partial charge in [0.25, 0.3) is 0 Å². The van der Waals surface area contributed by atoms with Gasteiger partial charge in [0, 0.05) is 12.8 Å². The van der Waals surface area contributed by atoms with Crippen LogP contribution in [0.4, 0.5) is 0 Å². The molecule has 0 saturated carbocycles. The standard InChI is InChI=1S/C62H107NO5/c1-4-7-10-13-16-19-22-25-28-30-31-34-37-40-43-46-49-52-55-62(67)68-58(53-50-47-44-41-38-35-32-27-24-21-18-15-12-9-6-3)56-61(66)63-59(57-64)60(65)54-51-48-45-42-39-36-33-29-26-23-20-17-14-11-8-5-2/h16,18-19,21-22,25,27-28,30-32,34,38,41,47,50,58-60,64-65H,4-15,17,20,23-24,26,29,33,35-37,39-40,42-46,48-49,51-57H2,1-3H3,(H,63,66)/b19-16+,21-18-,25-22+,30-28+,32-27-,34-31+,41-38-,50-47-. The maximum absolute atomic E-state index is 13.2. The summed E-state index contributed by atoms with van der Waals surface area (Å²) in [5.74, 6) is -0.605. The number of rotatable bonds is 50. The fraction of sp³-hybridized carbons (Fsp3) is 0.710. The largest absolute Gasteiger partial charge is 0.461 e. The molecule has 1 amide bonds. The average molecular weight is 947 g/mol. The smallest absolute Gasteiger partial charge is 0.306 e. The van der Waals surface area contributed by atoms with Gasteiger partial charge in [0.05, 0.1) is 25.2 Å². The third-order valence-electron chi connectivity index (χ3n) is 12.5. The van der Waals surface area contributed by atoms with Crippen molar-refractivity contribution in [1.82, 2.24) is 5.32 Å². The van der Waals surface area contributed by atoms with E-state index in [4.69, 9.17) is 4.74 Å². The van der Waals surface area contributed by atoms with Crippen molar-refractivity contribution in [3.8, 4) is 0 Å². The molecule has 390 valence electrons. The summed E-state index contributed by atoms with van der Waals surface area (Å²) in [5, 5.41) is 23.8. The summed E-state index contributed by atoms with van der Waals surface area (Å²) in [4.78, 5) is 26.2. The summed E-state index contributed by atoms with van der Waals surface area (Å²) >= 11 is 0. The molecular weight excluding hydrogens is 839 g/mol. The molecular formula is C62H107NO5. The van der Waals surface area contributed by atoms with Gasteiger partial charge in [-0.1, -0.05) is 266 Å². The minimum atomic E-state index is -0.821. The highest BCUT2D eigenvalue weighted by molar-refractivity contribution is 5.77. The van der Waals surface area contributed by atoms with E-state index in [2.05, 4.69) is 111 Å². The fourth-order valence-electron chi connectivity index (χ4n) is 8.13. The van der Waals surface area contributed by atoms with E-state index in [1.807, 2.05) is 12.2 Å². The van der Waals surface area contributed by atoms with Crippen molar-refractivity contribution in [1.29, 1.82) is 0 Å². The molecule has 0 bridgehead atoms. The molecule has 0 spiro atoms. The van der Waals surface area contributed by atoms with E-state index in [1.165, 1.54) is 128 Å². The van der Waals surface area contributed by atoms with Gasteiger partial charge in [-0.15, -0.1) is 0 Å². The van der Waals surface area contributed by atoms with Gasteiger partial charge in [-0.25, -0.2) is 0 Å². The molecule has 0 aliphatic heterocycles. The Morgan fingerprint density at radius 1 is 0.456 bits per heavy atom. The van der Waals surface area contributed by atoms with E-state index in [1.54, 1.807) is 0 Å². The Bertz CT molecular complexity index is 1340. The Hall–Kier alpha value is -3.22. The number of aliphatic hydroxyl groups excluding tert-OH is 2. The third-order valence-corrected chi connectivity index (χ3v) is 12.5. The molecule has 6 heteroatoms. The number of hydrogen-bond acceptors (Lipinski definition) is 5. The first-order valence-electron chi connectivity index (χ1n) is 28.5. The highest BCUT2D eigenvalue weighted by Crippen LogP contribution is 2.17. The van der Waals surface area contributed by atoms with E-state index in [9.17, 15) is 19.8 Å². The number of ether oxygens (including phenoxy) is 1. The van der Waals surface area contributed by atoms with Crippen LogP contribution in [0.5, 0.6) is 0 Å². The molecule has 0 radical (unpaired) electrons. The van der Waals surface area contributed by atoms with E-state index in [0.29, 0.717) is 19.3 Å². The number of aliphatic hydroxyl groups is 2. The van der Waals surface area contributed by atoms with Crippen molar-refractivity contribution in [2.75, 3.05) is 6.61 Å². The Morgan fingerprint density at radius 2 is 0.838 bits per heavy atom. The van der Waals surface area contributed by atoms with Gasteiger partial charge in [-0.2, -0.15) is 0 Å². The van der Waals surface area contributed by atoms with Crippen LogP contribution in [0.1, 0.15) is 258 Å². The lowest BCUT2D eigenvalue weighted by atomic mass is 10.0. The highest BCUT2D eigenvalue weighted by Gasteiger charge is 2.23. The molecule has 0 fully saturated rings. The number of nitrogens with one attached hydrogen (secondary N) is 1. The van der Waals surface area contributed by atoms with Crippen LogP contribution in [0.2, 0.25) is 0 Å². The minimum Gasteiger partial charge on any atom is -0.461 e. The van der Waals surface area contributed by atoms with Crippen LogP contribution in [0.3, 0.4) is 0 Å². The first-order valence-corrected chi connectivity index (χ1v) is 28.5. The first-order chi connectivity index (χ1) is 33.5. The molecule has 68 heavy (non-hydrogen) atoms. The predicted molar refractivity (Wildman–Crippen MR) is 296 cm³/mol. The van der Waals surface area contributed by atoms with Gasteiger partial charge in [0.1, 0.15) is 6.10 Å². The normalized spacial score (nSPS) is 13.9. The van der Waals surface area contributed by atoms with Gasteiger partial charge in [-0.3, -0.25) is 9.59 Å². The van der Waals surface area contributed by atoms with Crippen molar-refractivity contribution in [2.45, 2.75) is 277 Å². The summed E-state index contributed by atoms with van der Waals surface area (Å²) < 4.78 is 5.88. The predicted octanol–water partition coefficient (Wildman–Crippen LogP) is 17.7. The molecule has 0 aliphatic rings. The highest BCUT2D eigenvalue weighted by atomic mass is 16.5. The second-order valence-electron chi connectivity index (χ2n) is 19.1. The maximum Gasteiger partial charge on any atom is 0.306 e. The monoisotopic (exact) mass is 946 g/mol. The van der Waals surface area contributed by atoms with E-state index in [-0.39, 0.29) is 24.9 Å². The number of amides is 1. The van der Waals surface area contributed by atoms with Gasteiger partial charge in [-0.05, 0) is 70.6 Å². The average Bonchev–Trinajstić information content (AvgIpc) is 3.33. The van der Waals surface area contributed by atoms with Crippen LogP contribution >= 0.6 is 0 Å². The van der Waals surface area contributed by atoms with Gasteiger partial charge in [0.15, 0.2) is 0 Å². The third kappa shape index (κ3) is 49.2. The number of allylic oxidation sites excluding steroid dienone is 15. The van der Waals surface area contributed by atoms with Crippen molar-refractivity contribution >= 4 is 11.9 Å². The lowest BCUT2D eigenvalue weighted by Crippen LogP contribution is -2.46. The summed E-state index contributed by atoms with van der Waals surface area (Å²) in [6, 6.07) is -0.742. The molecule has 3 N–H and O–H groups in total. The second-order valence-corrected chi connectivity index (χ2v) is 19.1. The number of unbranched alkanes of at least 4 members (excludes halogenated alkanes) is 26. The minimum absolute atomic E-state index is 0.0127. The molecule has 0 aromatic carbocycles. The van der Waals surface area contributed by atoms with Crippen molar-refractivity contribution in [3.63, 3.8) is 0 Å². The Balaban J connectivity index is 4.72. The number of carbonyl (C=O) groups is 2. The van der Waals surface area contributed by atoms with Crippen LogP contribution in [-0.2, 0) is 14.3 Å². The molecule has 3 unspecified atom stereocenters. The topological polar surface area (TPSA) is 95.9 Å². The van der Waals surface area contributed by atoms with Crippen molar-refractivity contribution in [2.24, 2.45) is 0 Å². The fourth-order valence-corrected chi connectivity index (χ4v) is 8.13. The van der Waals surface area contributed by atoms with Crippen molar-refractivity contribution < 1.29 is 24.5 Å². The molecule has 6 nitrogen and oxygen atoms in total. The van der Waals surface area contributed by atoms with Crippen LogP contribution in [0.15, 0.2) is 97.2 Å². The van der Waals surface area contributed by atoms with Crippen LogP contribution in [0.25, 0.3) is 0 Å². The Kier molecular flexibility index (Phi) is 52.1. The van der Waals surface area contributed by atoms with E-state index < -0.39 is 18.2 Å². The zero-order valence-corrected chi connectivity index (χ0v) is 44.5. The second kappa shape index (κ2) is 54.7. The summed E-state index contributed by atoms with van der Waals surface area (Å²) in [6.45, 7) is 6.40. The number of esters is 1. The Morgan fingerprint density at radius 3 is 1.34 bits per heavy atom. The summed E-state index contributed by atoms with van der Waals surface area (Å²) in [7, 11) is 0. The van der Waals surface area contributed by atoms with E-state index in [0.717, 1.165) is 83.5 Å². The van der Waals surface area contributed by atoms with Gasteiger partial charge >= 0.3 is 5.97 Å². The quantitative estimate of drug-likeness (QED) is 0.0244. The molecule has 0 heterocycles.